The van der Waals surface area contributed by atoms with E-state index in [2.05, 4.69) is 98.9 Å². The SMILES string of the molecule is CC/C=C\C/C=C\C/C=C\C/C=C\C/C=C\C/C=C\CCCCCCCCCCCCCCCCCCCCCCC(=O)OC(COC(=O)CCCCCCCCCCCCCCCCCCCCCCCCC/C=C\CCCCCCCCCC)COP(=O)(O)OCCN. The van der Waals surface area contributed by atoms with E-state index in [4.69, 9.17) is 24.3 Å². The van der Waals surface area contributed by atoms with Gasteiger partial charge in [0.25, 0.3) is 0 Å². The first kappa shape index (κ1) is 92.2. The smallest absolute Gasteiger partial charge is 0.462 e. The van der Waals surface area contributed by atoms with Gasteiger partial charge < -0.3 is 20.1 Å². The fourth-order valence-corrected chi connectivity index (χ4v) is 13.0. The minimum atomic E-state index is -4.40. The summed E-state index contributed by atoms with van der Waals surface area (Å²) in [7, 11) is -4.40. The molecule has 0 saturated carbocycles. The first-order valence-corrected chi connectivity index (χ1v) is 42.6. The number of ether oxygens (including phenoxy) is 2. The van der Waals surface area contributed by atoms with E-state index in [0.717, 1.165) is 70.6 Å². The highest BCUT2D eigenvalue weighted by atomic mass is 31.2. The van der Waals surface area contributed by atoms with Crippen LogP contribution in [0.1, 0.15) is 412 Å². The molecule has 2 unspecified atom stereocenters. The summed E-state index contributed by atoms with van der Waals surface area (Å²) < 4.78 is 33.3. The fraction of sp³-hybridized carbons (Fsp3) is 0.812. The predicted octanol–water partition coefficient (Wildman–Crippen LogP) is 27.7. The highest BCUT2D eigenvalue weighted by Crippen LogP contribution is 2.43. The Kier molecular flexibility index (Phi) is 77.8. The largest absolute Gasteiger partial charge is 0.472 e. The van der Waals surface area contributed by atoms with Crippen LogP contribution in [0, 0.1) is 0 Å². The van der Waals surface area contributed by atoms with Gasteiger partial charge in [0.15, 0.2) is 6.10 Å². The molecule has 0 spiro atoms. The van der Waals surface area contributed by atoms with Crippen molar-refractivity contribution in [1.29, 1.82) is 0 Å². The van der Waals surface area contributed by atoms with Gasteiger partial charge in [-0.15, -0.1) is 0 Å². The molecule has 0 aliphatic rings. The van der Waals surface area contributed by atoms with Gasteiger partial charge in [-0.25, -0.2) is 4.57 Å². The molecule has 0 heterocycles. The molecule has 0 aromatic carbocycles. The minimum absolute atomic E-state index is 0.0543. The average molecular weight is 1350 g/mol. The van der Waals surface area contributed by atoms with Gasteiger partial charge in [0.2, 0.25) is 0 Å². The van der Waals surface area contributed by atoms with E-state index in [1.54, 1.807) is 0 Å². The second-order valence-corrected chi connectivity index (χ2v) is 29.1. The van der Waals surface area contributed by atoms with Gasteiger partial charge in [-0.3, -0.25) is 18.6 Å². The summed E-state index contributed by atoms with van der Waals surface area (Å²) in [5.74, 6) is -0.806. The lowest BCUT2D eigenvalue weighted by Crippen LogP contribution is -2.29. The van der Waals surface area contributed by atoms with Gasteiger partial charge in [0.05, 0.1) is 13.2 Å². The summed E-state index contributed by atoms with van der Waals surface area (Å²) in [6.07, 6.45) is 109. The summed E-state index contributed by atoms with van der Waals surface area (Å²) in [4.78, 5) is 35.5. The molecule has 0 aromatic heterocycles. The third-order valence-corrected chi connectivity index (χ3v) is 19.2. The van der Waals surface area contributed by atoms with Crippen LogP contribution in [0.2, 0.25) is 0 Å². The van der Waals surface area contributed by atoms with Crippen LogP contribution in [0.3, 0.4) is 0 Å². The minimum Gasteiger partial charge on any atom is -0.462 e. The number of carbonyl (C=O) groups excluding carboxylic acids is 2. The summed E-state index contributed by atoms with van der Waals surface area (Å²) in [6.45, 7) is 3.70. The number of phosphoric acid groups is 1. The lowest BCUT2D eigenvalue weighted by Gasteiger charge is -2.19. The number of hydrogen-bond acceptors (Lipinski definition) is 8. The maximum Gasteiger partial charge on any atom is 0.472 e. The molecule has 0 radical (unpaired) electrons. The van der Waals surface area contributed by atoms with Crippen molar-refractivity contribution in [2.75, 3.05) is 26.4 Å². The summed E-state index contributed by atoms with van der Waals surface area (Å²) in [6, 6.07) is 0. The van der Waals surface area contributed by atoms with Gasteiger partial charge in [-0.2, -0.15) is 0 Å². The van der Waals surface area contributed by atoms with Crippen molar-refractivity contribution in [2.45, 2.75) is 418 Å². The van der Waals surface area contributed by atoms with Crippen molar-refractivity contribution >= 4 is 19.8 Å². The molecular weight excluding hydrogens is 1190 g/mol. The van der Waals surface area contributed by atoms with Crippen LogP contribution in [0.25, 0.3) is 0 Å². The Bertz CT molecular complexity index is 1840. The molecular formula is C85H156NO8P. The van der Waals surface area contributed by atoms with Crippen molar-refractivity contribution < 1.29 is 37.6 Å². The molecule has 3 N–H and O–H groups in total. The first-order valence-electron chi connectivity index (χ1n) is 41.1. The molecule has 0 fully saturated rings. The van der Waals surface area contributed by atoms with Gasteiger partial charge in [0, 0.05) is 19.4 Å². The molecule has 0 aliphatic heterocycles. The van der Waals surface area contributed by atoms with Gasteiger partial charge in [-0.05, 0) is 89.9 Å². The van der Waals surface area contributed by atoms with Crippen molar-refractivity contribution in [3.8, 4) is 0 Å². The van der Waals surface area contributed by atoms with Gasteiger partial charge >= 0.3 is 19.8 Å². The van der Waals surface area contributed by atoms with Crippen LogP contribution in [0.4, 0.5) is 0 Å². The quantitative estimate of drug-likeness (QED) is 0.0264. The Morgan fingerprint density at radius 2 is 0.579 bits per heavy atom. The maximum atomic E-state index is 12.8. The average Bonchev–Trinajstić information content (AvgIpc) is 3.16. The van der Waals surface area contributed by atoms with Crippen molar-refractivity contribution in [3.63, 3.8) is 0 Å². The molecule has 0 aromatic rings. The van der Waals surface area contributed by atoms with Crippen LogP contribution in [0.5, 0.6) is 0 Å². The van der Waals surface area contributed by atoms with Crippen molar-refractivity contribution in [1.82, 2.24) is 0 Å². The lowest BCUT2D eigenvalue weighted by molar-refractivity contribution is -0.161. The molecule has 9 nitrogen and oxygen atoms in total. The zero-order valence-electron chi connectivity index (χ0n) is 62.7. The Hall–Kier alpha value is -2.81. The molecule has 0 rings (SSSR count). The Morgan fingerprint density at radius 1 is 0.326 bits per heavy atom. The summed E-state index contributed by atoms with van der Waals surface area (Å²) >= 11 is 0. The molecule has 0 bridgehead atoms. The van der Waals surface area contributed by atoms with Crippen LogP contribution >= 0.6 is 7.82 Å². The van der Waals surface area contributed by atoms with Crippen LogP contribution in [-0.4, -0.2) is 49.3 Å². The zero-order valence-corrected chi connectivity index (χ0v) is 63.6. The van der Waals surface area contributed by atoms with E-state index in [-0.39, 0.29) is 38.6 Å². The van der Waals surface area contributed by atoms with E-state index in [1.165, 1.54) is 308 Å². The number of esters is 2. The number of nitrogens with two attached hydrogens (primary N) is 1. The predicted molar refractivity (Wildman–Crippen MR) is 413 cm³/mol. The third-order valence-electron chi connectivity index (χ3n) is 18.3. The van der Waals surface area contributed by atoms with Crippen LogP contribution < -0.4 is 5.73 Å². The lowest BCUT2D eigenvalue weighted by atomic mass is 10.0. The molecule has 554 valence electrons. The number of allylic oxidation sites excluding steroid dienone is 14. The standard InChI is InChI=1S/C85H156NO8P/c1-3-5-7-9-11-13-15-17-19-21-23-25-27-29-31-33-35-37-39-40-41-42-44-46-48-50-52-54-56-58-60-62-64-66-68-70-72-74-76-78-85(88)94-83(82-93-95(89,90)92-80-79-86)81-91-84(87)77-75-73-71-69-67-65-63-61-59-57-55-53-51-49-47-45-43-38-36-34-32-30-28-26-24-22-20-18-16-14-12-10-8-6-4-2/h5,7,11,13,17,19,22-25,29,31,35,37,83H,3-4,6,8-10,12,14-16,18,20-21,26-28,30,32-34,36,38-82,86H2,1-2H3,(H,89,90)/b7-5-,13-11-,19-17-,24-22-,25-23-,31-29-,37-35-. The molecule has 0 saturated heterocycles. The topological polar surface area (TPSA) is 134 Å². The number of hydrogen-bond donors (Lipinski definition) is 2. The first-order chi connectivity index (χ1) is 46.8. The molecule has 0 amide bonds. The number of unbranched alkanes of at least 4 members (excludes halogenated alkanes) is 51. The monoisotopic (exact) mass is 1350 g/mol. The van der Waals surface area contributed by atoms with E-state index in [9.17, 15) is 19.0 Å². The van der Waals surface area contributed by atoms with Crippen LogP contribution in [0.15, 0.2) is 85.1 Å². The van der Waals surface area contributed by atoms with Crippen molar-refractivity contribution in [2.24, 2.45) is 5.73 Å². The highest BCUT2D eigenvalue weighted by Gasteiger charge is 2.26. The number of rotatable bonds is 78. The molecule has 10 heteroatoms. The molecule has 0 aliphatic carbocycles. The van der Waals surface area contributed by atoms with Gasteiger partial charge in [-0.1, -0.05) is 394 Å². The van der Waals surface area contributed by atoms with E-state index >= 15 is 0 Å². The third kappa shape index (κ3) is 80.1. The van der Waals surface area contributed by atoms with Crippen LogP contribution in [-0.2, 0) is 32.7 Å². The second-order valence-electron chi connectivity index (χ2n) is 27.6. The molecule has 95 heavy (non-hydrogen) atoms. The van der Waals surface area contributed by atoms with E-state index < -0.39 is 26.5 Å². The molecule has 2 atom stereocenters. The Morgan fingerprint density at radius 3 is 0.874 bits per heavy atom. The van der Waals surface area contributed by atoms with Crippen molar-refractivity contribution in [3.05, 3.63) is 85.1 Å². The fourth-order valence-electron chi connectivity index (χ4n) is 12.2. The van der Waals surface area contributed by atoms with E-state index in [0.29, 0.717) is 6.42 Å². The highest BCUT2D eigenvalue weighted by molar-refractivity contribution is 7.47. The summed E-state index contributed by atoms with van der Waals surface area (Å²) in [5, 5.41) is 0. The Balaban J connectivity index is 3.76. The maximum absolute atomic E-state index is 12.8. The Labute approximate surface area is 589 Å². The summed E-state index contributed by atoms with van der Waals surface area (Å²) in [5.41, 5.74) is 5.42. The zero-order chi connectivity index (χ0) is 68.6. The normalized spacial score (nSPS) is 13.3. The number of carbonyl (C=O) groups is 2. The number of phosphoric ester groups is 1. The second kappa shape index (κ2) is 80.2. The van der Waals surface area contributed by atoms with Gasteiger partial charge in [0.1, 0.15) is 6.61 Å². The van der Waals surface area contributed by atoms with E-state index in [1.807, 2.05) is 0 Å².